The van der Waals surface area contributed by atoms with Crippen LogP contribution in [0.4, 0.5) is 0 Å². The van der Waals surface area contributed by atoms with Gasteiger partial charge in [-0.05, 0) is 20.5 Å². The van der Waals surface area contributed by atoms with Gasteiger partial charge >= 0.3 is 0 Å². The van der Waals surface area contributed by atoms with Gasteiger partial charge in [0, 0.05) is 19.1 Å². The van der Waals surface area contributed by atoms with Crippen LogP contribution in [0.25, 0.3) is 0 Å². The van der Waals surface area contributed by atoms with Gasteiger partial charge in [0.1, 0.15) is 6.33 Å². The average Bonchev–Trinajstić information content (AvgIpc) is 2.88. The Hall–Kier alpha value is -1.43. The van der Waals surface area contributed by atoms with Crippen molar-refractivity contribution in [2.45, 2.75) is 12.5 Å². The largest absolute Gasteiger partial charge is 0.334 e. The van der Waals surface area contributed by atoms with Crippen LogP contribution >= 0.6 is 0 Å². The van der Waals surface area contributed by atoms with Crippen molar-refractivity contribution in [3.05, 3.63) is 12.2 Å². The SMILES string of the molecule is CN(C)C1CCN(C(=O)c2ncn[nH]2)C1. The third-order valence-corrected chi connectivity index (χ3v) is 2.80. The van der Waals surface area contributed by atoms with Crippen molar-refractivity contribution >= 4 is 5.91 Å². The molecule has 1 aromatic heterocycles. The molecule has 6 nitrogen and oxygen atoms in total. The molecular weight excluding hydrogens is 194 g/mol. The highest BCUT2D eigenvalue weighted by Crippen LogP contribution is 2.14. The molecule has 1 N–H and O–H groups in total. The number of likely N-dealkylation sites (N-methyl/N-ethyl adjacent to an activating group) is 1. The zero-order chi connectivity index (χ0) is 10.8. The second kappa shape index (κ2) is 3.98. The van der Waals surface area contributed by atoms with Crippen LogP contribution in [0.2, 0.25) is 0 Å². The summed E-state index contributed by atoms with van der Waals surface area (Å²) < 4.78 is 0. The topological polar surface area (TPSA) is 65.1 Å². The number of aromatic nitrogens is 3. The molecule has 2 rings (SSSR count). The van der Waals surface area contributed by atoms with Gasteiger partial charge < -0.3 is 9.80 Å². The van der Waals surface area contributed by atoms with E-state index < -0.39 is 0 Å². The fraction of sp³-hybridized carbons (Fsp3) is 0.667. The van der Waals surface area contributed by atoms with Crippen LogP contribution in [0.1, 0.15) is 17.0 Å². The zero-order valence-corrected chi connectivity index (χ0v) is 8.97. The lowest BCUT2D eigenvalue weighted by Gasteiger charge is -2.19. The molecule has 0 aromatic carbocycles. The molecule has 0 radical (unpaired) electrons. The van der Waals surface area contributed by atoms with Crippen molar-refractivity contribution < 1.29 is 4.79 Å². The van der Waals surface area contributed by atoms with E-state index in [0.717, 1.165) is 19.5 Å². The molecule has 1 saturated heterocycles. The first-order chi connectivity index (χ1) is 7.18. The number of likely N-dealkylation sites (tertiary alicyclic amines) is 1. The molecule has 15 heavy (non-hydrogen) atoms. The molecule has 2 heterocycles. The highest BCUT2D eigenvalue weighted by atomic mass is 16.2. The summed E-state index contributed by atoms with van der Waals surface area (Å²) in [5.74, 6) is 0.270. The van der Waals surface area contributed by atoms with E-state index >= 15 is 0 Å². The van der Waals surface area contributed by atoms with Crippen LogP contribution in [0.3, 0.4) is 0 Å². The van der Waals surface area contributed by atoms with Crippen LogP contribution in [-0.4, -0.2) is 64.1 Å². The van der Waals surface area contributed by atoms with Gasteiger partial charge in [-0.1, -0.05) is 0 Å². The first kappa shape index (κ1) is 10.1. The molecule has 1 unspecified atom stereocenters. The number of hydrogen-bond acceptors (Lipinski definition) is 4. The quantitative estimate of drug-likeness (QED) is 0.718. The first-order valence-electron chi connectivity index (χ1n) is 4.99. The van der Waals surface area contributed by atoms with Crippen LogP contribution in [0.15, 0.2) is 6.33 Å². The Labute approximate surface area is 88.3 Å². The molecule has 82 valence electrons. The Morgan fingerprint density at radius 1 is 1.67 bits per heavy atom. The van der Waals surface area contributed by atoms with Gasteiger partial charge in [0.2, 0.25) is 5.82 Å². The van der Waals surface area contributed by atoms with Crippen LogP contribution in [0, 0.1) is 0 Å². The van der Waals surface area contributed by atoms with Crippen LogP contribution in [-0.2, 0) is 0 Å². The zero-order valence-electron chi connectivity index (χ0n) is 8.97. The summed E-state index contributed by atoms with van der Waals surface area (Å²) in [4.78, 5) is 19.7. The standard InChI is InChI=1S/C9H15N5O/c1-13(2)7-3-4-14(5-7)9(15)8-10-6-11-12-8/h6-7H,3-5H2,1-2H3,(H,10,11,12). The molecule has 0 spiro atoms. The molecule has 1 fully saturated rings. The van der Waals surface area contributed by atoms with Crippen molar-refractivity contribution in [1.82, 2.24) is 25.0 Å². The highest BCUT2D eigenvalue weighted by Gasteiger charge is 2.29. The van der Waals surface area contributed by atoms with E-state index in [1.165, 1.54) is 6.33 Å². The van der Waals surface area contributed by atoms with Gasteiger partial charge in [0.15, 0.2) is 0 Å². The molecule has 1 aromatic rings. The van der Waals surface area contributed by atoms with E-state index in [9.17, 15) is 4.79 Å². The maximum absolute atomic E-state index is 11.8. The van der Waals surface area contributed by atoms with Crippen LogP contribution < -0.4 is 0 Å². The number of rotatable bonds is 2. The summed E-state index contributed by atoms with van der Waals surface area (Å²) in [7, 11) is 4.07. The van der Waals surface area contributed by atoms with E-state index in [4.69, 9.17) is 0 Å². The summed E-state index contributed by atoms with van der Waals surface area (Å²) in [6.07, 6.45) is 2.37. The van der Waals surface area contributed by atoms with E-state index in [-0.39, 0.29) is 5.91 Å². The Kier molecular flexibility index (Phi) is 2.68. The summed E-state index contributed by atoms with van der Waals surface area (Å²) in [5, 5.41) is 6.27. The maximum atomic E-state index is 11.8. The minimum Gasteiger partial charge on any atom is -0.334 e. The van der Waals surface area contributed by atoms with Crippen molar-refractivity contribution in [1.29, 1.82) is 0 Å². The molecule has 0 aliphatic carbocycles. The predicted molar refractivity (Wildman–Crippen MR) is 54.4 cm³/mol. The molecule has 6 heteroatoms. The van der Waals surface area contributed by atoms with E-state index in [1.54, 1.807) is 0 Å². The fourth-order valence-electron chi connectivity index (χ4n) is 1.81. The number of nitrogens with zero attached hydrogens (tertiary/aromatic N) is 4. The predicted octanol–water partition coefficient (Wildman–Crippen LogP) is -0.419. The molecule has 1 aliphatic rings. The lowest BCUT2D eigenvalue weighted by Crippen LogP contribution is -2.34. The van der Waals surface area contributed by atoms with Crippen molar-refractivity contribution in [2.75, 3.05) is 27.2 Å². The van der Waals surface area contributed by atoms with Gasteiger partial charge in [-0.2, -0.15) is 5.10 Å². The molecule has 1 atom stereocenters. The Bertz CT molecular complexity index is 334. The number of carbonyl (C=O) groups excluding carboxylic acids is 1. The number of aromatic amines is 1. The lowest BCUT2D eigenvalue weighted by molar-refractivity contribution is 0.0771. The van der Waals surface area contributed by atoms with Gasteiger partial charge in [-0.15, -0.1) is 0 Å². The first-order valence-corrected chi connectivity index (χ1v) is 4.99. The maximum Gasteiger partial charge on any atom is 0.291 e. The Morgan fingerprint density at radius 3 is 3.00 bits per heavy atom. The van der Waals surface area contributed by atoms with Crippen molar-refractivity contribution in [3.8, 4) is 0 Å². The number of nitrogens with one attached hydrogen (secondary N) is 1. The third-order valence-electron chi connectivity index (χ3n) is 2.80. The number of hydrogen-bond donors (Lipinski definition) is 1. The average molecular weight is 209 g/mol. The molecule has 0 bridgehead atoms. The Balaban J connectivity index is 1.99. The van der Waals surface area contributed by atoms with Gasteiger partial charge in [0.25, 0.3) is 5.91 Å². The summed E-state index contributed by atoms with van der Waals surface area (Å²) >= 11 is 0. The van der Waals surface area contributed by atoms with Gasteiger partial charge in [-0.3, -0.25) is 9.89 Å². The molecule has 0 saturated carbocycles. The molecule has 1 aliphatic heterocycles. The fourth-order valence-corrected chi connectivity index (χ4v) is 1.81. The normalized spacial score (nSPS) is 21.3. The second-order valence-electron chi connectivity index (χ2n) is 3.99. The number of amides is 1. The number of carbonyl (C=O) groups is 1. The highest BCUT2D eigenvalue weighted by molar-refractivity contribution is 5.90. The second-order valence-corrected chi connectivity index (χ2v) is 3.99. The van der Waals surface area contributed by atoms with Crippen molar-refractivity contribution in [3.63, 3.8) is 0 Å². The lowest BCUT2D eigenvalue weighted by atomic mass is 10.2. The van der Waals surface area contributed by atoms with E-state index in [2.05, 4.69) is 20.1 Å². The van der Waals surface area contributed by atoms with Gasteiger partial charge in [0.05, 0.1) is 0 Å². The number of H-pyrrole nitrogens is 1. The van der Waals surface area contributed by atoms with Crippen molar-refractivity contribution in [2.24, 2.45) is 0 Å². The van der Waals surface area contributed by atoms with Crippen LogP contribution in [0.5, 0.6) is 0 Å². The van der Waals surface area contributed by atoms with Gasteiger partial charge in [-0.25, -0.2) is 4.98 Å². The minimum atomic E-state index is -0.0585. The smallest absolute Gasteiger partial charge is 0.291 e. The summed E-state index contributed by atoms with van der Waals surface area (Å²) in [6.45, 7) is 1.56. The monoisotopic (exact) mass is 209 g/mol. The van der Waals surface area contributed by atoms with E-state index in [1.807, 2.05) is 19.0 Å². The summed E-state index contributed by atoms with van der Waals surface area (Å²) in [5.41, 5.74) is 0. The van der Waals surface area contributed by atoms with E-state index in [0.29, 0.717) is 11.9 Å². The molecular formula is C9H15N5O. The Morgan fingerprint density at radius 2 is 2.47 bits per heavy atom. The summed E-state index contributed by atoms with van der Waals surface area (Å²) in [6, 6.07) is 0.455. The minimum absolute atomic E-state index is 0.0585. The third kappa shape index (κ3) is 1.99. The molecule has 1 amide bonds.